The van der Waals surface area contributed by atoms with Gasteiger partial charge in [-0.2, -0.15) is 18.3 Å². The van der Waals surface area contributed by atoms with Gasteiger partial charge in [-0.1, -0.05) is 18.2 Å². The van der Waals surface area contributed by atoms with Crippen molar-refractivity contribution < 1.29 is 32.7 Å². The smallest absolute Gasteiger partial charge is 0.403 e. The molecule has 0 bridgehead atoms. The highest BCUT2D eigenvalue weighted by atomic mass is 19.4. The zero-order valence-corrected chi connectivity index (χ0v) is 18.2. The molecule has 8 nitrogen and oxygen atoms in total. The van der Waals surface area contributed by atoms with Crippen LogP contribution in [0.25, 0.3) is 0 Å². The van der Waals surface area contributed by atoms with E-state index < -0.39 is 23.5 Å². The zero-order valence-electron chi connectivity index (χ0n) is 18.2. The second-order valence-corrected chi connectivity index (χ2v) is 9.61. The van der Waals surface area contributed by atoms with Crippen LogP contribution in [0.5, 0.6) is 0 Å². The van der Waals surface area contributed by atoms with E-state index in [1.54, 1.807) is 29.3 Å². The number of likely N-dealkylation sites (tertiary alicyclic amines) is 2. The van der Waals surface area contributed by atoms with Gasteiger partial charge in [-0.05, 0) is 30.9 Å². The van der Waals surface area contributed by atoms with Gasteiger partial charge in [-0.15, -0.1) is 0 Å². The van der Waals surface area contributed by atoms with Crippen molar-refractivity contribution in [3.8, 4) is 0 Å². The van der Waals surface area contributed by atoms with Crippen molar-refractivity contribution in [3.05, 3.63) is 53.3 Å². The lowest BCUT2D eigenvalue weighted by Gasteiger charge is -2.49. The van der Waals surface area contributed by atoms with Crippen LogP contribution in [0, 0.1) is 10.8 Å². The summed E-state index contributed by atoms with van der Waals surface area (Å²) in [6.45, 7) is 1.50. The van der Waals surface area contributed by atoms with Crippen LogP contribution in [0.3, 0.4) is 0 Å². The number of hydrogen-bond acceptors (Lipinski definition) is 4. The summed E-state index contributed by atoms with van der Waals surface area (Å²) >= 11 is 0. The fraction of sp³-hybridized carbons (Fsp3) is 0.478. The van der Waals surface area contributed by atoms with Gasteiger partial charge in [0.05, 0.1) is 23.9 Å². The molecular formula is C23H23F3N4O4. The molecule has 3 fully saturated rings. The number of carbonyl (C=O) groups is 3. The lowest BCUT2D eigenvalue weighted by Crippen LogP contribution is -2.62. The molecule has 3 heterocycles. The summed E-state index contributed by atoms with van der Waals surface area (Å²) in [6.07, 6.45) is -1.21. The van der Waals surface area contributed by atoms with E-state index in [9.17, 15) is 32.7 Å². The Balaban J connectivity index is 1.20. The predicted molar refractivity (Wildman–Crippen MR) is 112 cm³/mol. The minimum atomic E-state index is -4.52. The number of amides is 2. The molecule has 180 valence electrons. The van der Waals surface area contributed by atoms with Crippen LogP contribution >= 0.6 is 0 Å². The molecule has 1 aliphatic carbocycles. The number of aromatic carboxylic acids is 1. The minimum Gasteiger partial charge on any atom is -0.478 e. The first kappa shape index (κ1) is 22.4. The van der Waals surface area contributed by atoms with Gasteiger partial charge in [0.25, 0.3) is 5.91 Å². The van der Waals surface area contributed by atoms with Gasteiger partial charge in [0.2, 0.25) is 5.91 Å². The standard InChI is InChI=1S/C23H23F3N4O4/c24-23(25,26)22(5-6-22)20(34)29-13-21(14-29)7-8-28(12-21)18(31)16-9-27-30(11-16)10-15-3-1-2-4-17(15)19(32)33/h1-4,9,11H,5-8,10,12-14H2,(H,32,33). The third kappa shape index (κ3) is 3.63. The summed E-state index contributed by atoms with van der Waals surface area (Å²) in [6, 6.07) is 6.55. The maximum Gasteiger partial charge on any atom is 0.403 e. The number of carboxylic acid groups (broad SMARTS) is 1. The molecule has 1 N–H and O–H groups in total. The molecule has 2 aromatic rings. The van der Waals surface area contributed by atoms with Gasteiger partial charge in [0, 0.05) is 37.8 Å². The first-order valence-corrected chi connectivity index (χ1v) is 11.0. The van der Waals surface area contributed by atoms with Crippen LogP contribution < -0.4 is 0 Å². The van der Waals surface area contributed by atoms with Crippen LogP contribution in [0.15, 0.2) is 36.7 Å². The number of alkyl halides is 3. The maximum absolute atomic E-state index is 13.3. The average Bonchev–Trinajstić information content (AvgIpc) is 3.27. The number of halogens is 3. The lowest BCUT2D eigenvalue weighted by atomic mass is 9.78. The molecule has 3 aliphatic rings. The van der Waals surface area contributed by atoms with Gasteiger partial charge in [-0.25, -0.2) is 4.79 Å². The second-order valence-electron chi connectivity index (χ2n) is 9.61. The molecule has 0 atom stereocenters. The van der Waals surface area contributed by atoms with E-state index in [0.717, 1.165) is 0 Å². The number of aromatic nitrogens is 2. The number of carbonyl (C=O) groups excluding carboxylic acids is 2. The maximum atomic E-state index is 13.3. The Morgan fingerprint density at radius 1 is 1.03 bits per heavy atom. The highest BCUT2D eigenvalue weighted by molar-refractivity contribution is 5.94. The molecular weight excluding hydrogens is 453 g/mol. The SMILES string of the molecule is O=C(O)c1ccccc1Cn1cc(C(=O)N2CCC3(C2)CN(C(=O)C2(C(F)(F)F)CC2)C3)cn1. The first-order valence-electron chi connectivity index (χ1n) is 11.0. The predicted octanol–water partition coefficient (Wildman–Crippen LogP) is 2.65. The molecule has 1 aromatic carbocycles. The Labute approximate surface area is 192 Å². The number of carboxylic acids is 1. The number of benzene rings is 1. The second kappa shape index (κ2) is 7.57. The summed E-state index contributed by atoms with van der Waals surface area (Å²) in [5.41, 5.74) is -1.48. The molecule has 1 spiro atoms. The highest BCUT2D eigenvalue weighted by Gasteiger charge is 2.70. The quantitative estimate of drug-likeness (QED) is 0.716. The van der Waals surface area contributed by atoms with Crippen molar-refractivity contribution in [3.63, 3.8) is 0 Å². The third-order valence-electron chi connectivity index (χ3n) is 7.23. The van der Waals surface area contributed by atoms with E-state index in [0.29, 0.717) is 30.6 Å². The molecule has 2 saturated heterocycles. The summed E-state index contributed by atoms with van der Waals surface area (Å²) < 4.78 is 41.3. The molecule has 0 unspecified atom stereocenters. The molecule has 2 amide bonds. The van der Waals surface area contributed by atoms with E-state index in [2.05, 4.69) is 5.10 Å². The van der Waals surface area contributed by atoms with Crippen LogP contribution in [-0.2, 0) is 11.3 Å². The van der Waals surface area contributed by atoms with Gasteiger partial charge in [0.15, 0.2) is 0 Å². The molecule has 2 aliphatic heterocycles. The molecule has 11 heteroatoms. The number of nitrogens with zero attached hydrogens (tertiary/aromatic N) is 4. The summed E-state index contributed by atoms with van der Waals surface area (Å²) in [5, 5.41) is 13.5. The molecule has 5 rings (SSSR count). The lowest BCUT2D eigenvalue weighted by molar-refractivity contribution is -0.204. The fourth-order valence-electron chi connectivity index (χ4n) is 5.10. The van der Waals surface area contributed by atoms with Crippen molar-refractivity contribution in [1.82, 2.24) is 19.6 Å². The Morgan fingerprint density at radius 3 is 2.35 bits per heavy atom. The topological polar surface area (TPSA) is 95.7 Å². The molecule has 0 radical (unpaired) electrons. The van der Waals surface area contributed by atoms with Crippen molar-refractivity contribution in [2.45, 2.75) is 32.0 Å². The molecule has 1 aromatic heterocycles. The average molecular weight is 476 g/mol. The first-order chi connectivity index (χ1) is 16.0. The largest absolute Gasteiger partial charge is 0.478 e. The minimum absolute atomic E-state index is 0.148. The van der Waals surface area contributed by atoms with Gasteiger partial charge in [-0.3, -0.25) is 14.3 Å². The summed E-state index contributed by atoms with van der Waals surface area (Å²) in [4.78, 5) is 39.7. The zero-order chi connectivity index (χ0) is 24.3. The Hall–Kier alpha value is -3.37. The normalized spacial score (nSPS) is 20.3. The Kier molecular flexibility index (Phi) is 4.99. The van der Waals surface area contributed by atoms with E-state index in [1.807, 2.05) is 0 Å². The van der Waals surface area contributed by atoms with Crippen LogP contribution in [0.4, 0.5) is 13.2 Å². The van der Waals surface area contributed by atoms with Crippen molar-refractivity contribution in [2.75, 3.05) is 26.2 Å². The van der Waals surface area contributed by atoms with E-state index in [1.165, 1.54) is 21.8 Å². The Bertz CT molecular complexity index is 1160. The molecule has 1 saturated carbocycles. The highest BCUT2D eigenvalue weighted by Crippen LogP contribution is 2.59. The van der Waals surface area contributed by atoms with E-state index in [4.69, 9.17) is 0 Å². The van der Waals surface area contributed by atoms with Gasteiger partial charge >= 0.3 is 12.1 Å². The Morgan fingerprint density at radius 2 is 1.71 bits per heavy atom. The van der Waals surface area contributed by atoms with Gasteiger partial charge in [0.1, 0.15) is 5.41 Å². The van der Waals surface area contributed by atoms with Crippen molar-refractivity contribution in [1.29, 1.82) is 0 Å². The monoisotopic (exact) mass is 476 g/mol. The number of rotatable bonds is 5. The third-order valence-corrected chi connectivity index (χ3v) is 7.23. The van der Waals surface area contributed by atoms with Gasteiger partial charge < -0.3 is 14.9 Å². The fourth-order valence-corrected chi connectivity index (χ4v) is 5.10. The van der Waals surface area contributed by atoms with Crippen molar-refractivity contribution >= 4 is 17.8 Å². The van der Waals surface area contributed by atoms with Crippen LogP contribution in [-0.4, -0.2) is 74.8 Å². The number of hydrogen-bond donors (Lipinski definition) is 1. The summed E-state index contributed by atoms with van der Waals surface area (Å²) in [5.74, 6) is -2.12. The van der Waals surface area contributed by atoms with E-state index >= 15 is 0 Å². The van der Waals surface area contributed by atoms with E-state index in [-0.39, 0.29) is 49.4 Å². The van der Waals surface area contributed by atoms with Crippen molar-refractivity contribution in [2.24, 2.45) is 10.8 Å². The van der Waals surface area contributed by atoms with Crippen LogP contribution in [0.1, 0.15) is 45.5 Å². The van der Waals surface area contributed by atoms with Crippen LogP contribution in [0.2, 0.25) is 0 Å². The summed E-state index contributed by atoms with van der Waals surface area (Å²) in [7, 11) is 0. The molecule has 34 heavy (non-hydrogen) atoms.